The number of thioether (sulfide) groups is 1. The second kappa shape index (κ2) is 10.5. The summed E-state index contributed by atoms with van der Waals surface area (Å²) in [6.07, 6.45) is 0. The molecule has 1 aliphatic rings. The number of aliphatic hydroxyl groups excluding tert-OH is 1. The summed E-state index contributed by atoms with van der Waals surface area (Å²) in [5.41, 5.74) is 2.68. The van der Waals surface area contributed by atoms with E-state index >= 15 is 0 Å². The van der Waals surface area contributed by atoms with Crippen LogP contribution in [0, 0.1) is 12.7 Å². The van der Waals surface area contributed by atoms with Gasteiger partial charge in [0.15, 0.2) is 4.34 Å². The monoisotopic (exact) mass is 551 g/mol. The first-order valence-electron chi connectivity index (χ1n) is 11.2. The van der Waals surface area contributed by atoms with E-state index in [-0.39, 0.29) is 22.0 Å². The second-order valence-electron chi connectivity index (χ2n) is 8.32. The normalized spacial score (nSPS) is 16.9. The molecule has 1 atom stereocenters. The molecular formula is C27H19ClFN3O3S2. The van der Waals surface area contributed by atoms with Crippen molar-refractivity contribution in [1.29, 1.82) is 0 Å². The fourth-order valence-corrected chi connectivity index (χ4v) is 6.12. The highest BCUT2D eigenvalue weighted by Gasteiger charge is 2.48. The van der Waals surface area contributed by atoms with Gasteiger partial charge in [-0.1, -0.05) is 82.7 Å². The molecule has 5 rings (SSSR count). The van der Waals surface area contributed by atoms with Gasteiger partial charge in [-0.05, 0) is 48.4 Å². The van der Waals surface area contributed by atoms with Crippen LogP contribution < -0.4 is 4.90 Å². The number of benzene rings is 3. The SMILES string of the molecule is Cc1ccc(C2/C(=C(/O)c3ccc(F)cc3)C(=O)C(=O)N2c2nnc(SCc3ccccc3Cl)s2)cc1. The van der Waals surface area contributed by atoms with Gasteiger partial charge in [0.05, 0.1) is 11.6 Å². The molecule has 2 heterocycles. The van der Waals surface area contributed by atoms with E-state index in [1.807, 2.05) is 43.3 Å². The van der Waals surface area contributed by atoms with Gasteiger partial charge in [0.25, 0.3) is 5.78 Å². The summed E-state index contributed by atoms with van der Waals surface area (Å²) in [4.78, 5) is 27.8. The van der Waals surface area contributed by atoms with Crippen molar-refractivity contribution < 1.29 is 19.1 Å². The molecule has 10 heteroatoms. The number of ketones is 1. The lowest BCUT2D eigenvalue weighted by Gasteiger charge is -2.22. The fourth-order valence-electron chi connectivity index (χ4n) is 3.97. The highest BCUT2D eigenvalue weighted by atomic mass is 35.5. The number of aliphatic hydroxyl groups is 1. The zero-order valence-corrected chi connectivity index (χ0v) is 21.8. The van der Waals surface area contributed by atoms with E-state index in [1.54, 1.807) is 12.1 Å². The molecule has 0 radical (unpaired) electrons. The molecule has 4 aromatic rings. The first-order chi connectivity index (χ1) is 17.8. The van der Waals surface area contributed by atoms with E-state index in [4.69, 9.17) is 11.6 Å². The molecule has 37 heavy (non-hydrogen) atoms. The third-order valence-electron chi connectivity index (χ3n) is 5.87. The number of Topliss-reactive ketones (excluding diaryl/α,β-unsaturated/α-hetero) is 1. The average molecular weight is 552 g/mol. The second-order valence-corrected chi connectivity index (χ2v) is 10.9. The largest absolute Gasteiger partial charge is 0.507 e. The number of halogens is 2. The average Bonchev–Trinajstić information content (AvgIpc) is 3.46. The Bertz CT molecular complexity index is 1520. The summed E-state index contributed by atoms with van der Waals surface area (Å²) in [6.45, 7) is 1.92. The van der Waals surface area contributed by atoms with Crippen molar-refractivity contribution in [3.05, 3.63) is 111 Å². The maximum Gasteiger partial charge on any atom is 0.301 e. The fraction of sp³-hybridized carbons (Fsp3) is 0.111. The number of carbonyl (C=O) groups is 2. The lowest BCUT2D eigenvalue weighted by molar-refractivity contribution is -0.132. The lowest BCUT2D eigenvalue weighted by atomic mass is 9.95. The maximum absolute atomic E-state index is 13.5. The molecule has 1 amide bonds. The molecule has 0 aliphatic carbocycles. The van der Waals surface area contributed by atoms with Crippen molar-refractivity contribution in [2.24, 2.45) is 0 Å². The van der Waals surface area contributed by atoms with Crippen molar-refractivity contribution in [2.45, 2.75) is 23.1 Å². The van der Waals surface area contributed by atoms with Crippen LogP contribution in [0.3, 0.4) is 0 Å². The standard InChI is InChI=1S/C27H19ClFN3O3S2/c1-15-6-8-16(9-7-15)22-21(23(33)17-10-12-19(29)13-11-17)24(34)25(35)32(22)26-30-31-27(37-26)36-14-18-4-2-3-5-20(18)28/h2-13,22,33H,14H2,1H3/b23-21-. The van der Waals surface area contributed by atoms with Crippen LogP contribution in [0.5, 0.6) is 0 Å². The first kappa shape index (κ1) is 25.1. The Balaban J connectivity index is 1.54. The molecule has 0 saturated carbocycles. The zero-order chi connectivity index (χ0) is 26.1. The zero-order valence-electron chi connectivity index (χ0n) is 19.4. The molecule has 3 aromatic carbocycles. The van der Waals surface area contributed by atoms with E-state index in [9.17, 15) is 19.1 Å². The summed E-state index contributed by atoms with van der Waals surface area (Å²) in [7, 11) is 0. The van der Waals surface area contributed by atoms with Crippen LogP contribution in [0.15, 0.2) is 82.7 Å². The third-order valence-corrected chi connectivity index (χ3v) is 8.34. The van der Waals surface area contributed by atoms with Crippen LogP contribution >= 0.6 is 34.7 Å². The Kier molecular flexibility index (Phi) is 7.10. The number of amides is 1. The van der Waals surface area contributed by atoms with Crippen LogP contribution in [0.2, 0.25) is 5.02 Å². The van der Waals surface area contributed by atoms with Gasteiger partial charge in [-0.25, -0.2) is 4.39 Å². The molecule has 6 nitrogen and oxygen atoms in total. The molecule has 1 aromatic heterocycles. The lowest BCUT2D eigenvalue weighted by Crippen LogP contribution is -2.29. The van der Waals surface area contributed by atoms with Gasteiger partial charge in [-0.2, -0.15) is 0 Å². The number of aryl methyl sites for hydroxylation is 1. The van der Waals surface area contributed by atoms with Crippen molar-refractivity contribution in [1.82, 2.24) is 10.2 Å². The van der Waals surface area contributed by atoms with Crippen LogP contribution in [0.1, 0.15) is 28.3 Å². The molecule has 1 N–H and O–H groups in total. The molecule has 1 aliphatic heterocycles. The molecule has 1 fully saturated rings. The summed E-state index contributed by atoms with van der Waals surface area (Å²) >= 11 is 8.84. The number of aromatic nitrogens is 2. The Hall–Kier alpha value is -3.53. The Morgan fingerprint density at radius 3 is 2.46 bits per heavy atom. The van der Waals surface area contributed by atoms with Gasteiger partial charge < -0.3 is 5.11 Å². The first-order valence-corrected chi connectivity index (χ1v) is 13.3. The highest BCUT2D eigenvalue weighted by molar-refractivity contribution is 8.00. The molecule has 1 unspecified atom stereocenters. The summed E-state index contributed by atoms with van der Waals surface area (Å²) in [5, 5.41) is 20.4. The minimum Gasteiger partial charge on any atom is -0.507 e. The topological polar surface area (TPSA) is 83.4 Å². The quantitative estimate of drug-likeness (QED) is 0.0960. The van der Waals surface area contributed by atoms with Gasteiger partial charge in [0.2, 0.25) is 5.13 Å². The van der Waals surface area contributed by atoms with Crippen molar-refractivity contribution >= 4 is 57.3 Å². The van der Waals surface area contributed by atoms with Crippen LogP contribution in [-0.2, 0) is 15.3 Å². The summed E-state index contributed by atoms with van der Waals surface area (Å²) in [5.74, 6) is -1.99. The number of nitrogens with zero attached hydrogens (tertiary/aromatic N) is 3. The maximum atomic E-state index is 13.5. The van der Waals surface area contributed by atoms with E-state index < -0.39 is 23.5 Å². The van der Waals surface area contributed by atoms with Gasteiger partial charge in [-0.15, -0.1) is 10.2 Å². The molecule has 1 saturated heterocycles. The van der Waals surface area contributed by atoms with Gasteiger partial charge in [-0.3, -0.25) is 14.5 Å². The highest BCUT2D eigenvalue weighted by Crippen LogP contribution is 2.44. The molecule has 0 spiro atoms. The van der Waals surface area contributed by atoms with E-state index in [0.29, 0.717) is 20.7 Å². The number of rotatable bonds is 6. The minimum absolute atomic E-state index is 0.0964. The van der Waals surface area contributed by atoms with Crippen LogP contribution in [-0.4, -0.2) is 27.0 Å². The number of anilines is 1. The van der Waals surface area contributed by atoms with Gasteiger partial charge in [0, 0.05) is 16.3 Å². The molecule has 0 bridgehead atoms. The Morgan fingerprint density at radius 2 is 1.76 bits per heavy atom. The molecular weight excluding hydrogens is 533 g/mol. The van der Waals surface area contributed by atoms with Crippen LogP contribution in [0.4, 0.5) is 9.52 Å². The predicted octanol–water partition coefficient (Wildman–Crippen LogP) is 6.56. The van der Waals surface area contributed by atoms with E-state index in [0.717, 1.165) is 11.1 Å². The van der Waals surface area contributed by atoms with Crippen molar-refractivity contribution in [3.8, 4) is 0 Å². The Morgan fingerprint density at radius 1 is 1.05 bits per heavy atom. The third kappa shape index (κ3) is 5.02. The summed E-state index contributed by atoms with van der Waals surface area (Å²) < 4.78 is 14.1. The summed E-state index contributed by atoms with van der Waals surface area (Å²) in [6, 6.07) is 18.9. The predicted molar refractivity (Wildman–Crippen MR) is 143 cm³/mol. The van der Waals surface area contributed by atoms with Crippen molar-refractivity contribution in [2.75, 3.05) is 4.90 Å². The van der Waals surface area contributed by atoms with Crippen molar-refractivity contribution in [3.63, 3.8) is 0 Å². The van der Waals surface area contributed by atoms with Gasteiger partial charge in [0.1, 0.15) is 11.6 Å². The van der Waals surface area contributed by atoms with E-state index in [2.05, 4.69) is 10.2 Å². The number of carbonyl (C=O) groups excluding carboxylic acids is 2. The van der Waals surface area contributed by atoms with Gasteiger partial charge >= 0.3 is 5.91 Å². The minimum atomic E-state index is -0.931. The number of hydrogen-bond acceptors (Lipinski definition) is 7. The van der Waals surface area contributed by atoms with E-state index in [1.165, 1.54) is 52.3 Å². The molecule has 186 valence electrons. The van der Waals surface area contributed by atoms with Crippen LogP contribution in [0.25, 0.3) is 5.76 Å². The Labute approximate surface area is 225 Å². The number of hydrogen-bond donors (Lipinski definition) is 1. The smallest absolute Gasteiger partial charge is 0.301 e.